The van der Waals surface area contributed by atoms with E-state index in [9.17, 15) is 0 Å². The van der Waals surface area contributed by atoms with E-state index in [0.29, 0.717) is 0 Å². The van der Waals surface area contributed by atoms with E-state index in [4.69, 9.17) is 5.11 Å². The molecule has 0 aliphatic heterocycles. The Hall–Kier alpha value is -0.860. The van der Waals surface area contributed by atoms with Gasteiger partial charge in [0.2, 0.25) is 0 Å². The largest absolute Gasteiger partial charge is 0.396 e. The molecule has 0 spiro atoms. The summed E-state index contributed by atoms with van der Waals surface area (Å²) >= 11 is 1.72. The van der Waals surface area contributed by atoms with E-state index >= 15 is 0 Å². The van der Waals surface area contributed by atoms with E-state index in [1.54, 1.807) is 11.3 Å². The zero-order valence-electron chi connectivity index (χ0n) is 8.02. The normalized spacial score (nSPS) is 25.5. The molecular formula is C12H14OS. The molecule has 2 rings (SSSR count). The summed E-state index contributed by atoms with van der Waals surface area (Å²) in [5, 5.41) is 13.4. The van der Waals surface area contributed by atoms with E-state index < -0.39 is 0 Å². The third kappa shape index (κ3) is 1.68. The molecule has 1 nitrogen and oxygen atoms in total. The SMILES string of the molecule is OCCC1(c2ccsc2)C=CC=CC1. The average Bonchev–Trinajstić information content (AvgIpc) is 2.73. The van der Waals surface area contributed by atoms with Gasteiger partial charge in [0.15, 0.2) is 0 Å². The van der Waals surface area contributed by atoms with Gasteiger partial charge in [0, 0.05) is 12.0 Å². The number of hydrogen-bond donors (Lipinski definition) is 1. The Bertz CT molecular complexity index is 337. The maximum absolute atomic E-state index is 9.13. The molecule has 74 valence electrons. The molecule has 14 heavy (non-hydrogen) atoms. The number of aliphatic hydroxyl groups excluding tert-OH is 1. The Morgan fingerprint density at radius 3 is 2.93 bits per heavy atom. The van der Waals surface area contributed by atoms with Crippen molar-refractivity contribution in [3.63, 3.8) is 0 Å². The van der Waals surface area contributed by atoms with Crippen molar-refractivity contribution in [1.29, 1.82) is 0 Å². The Balaban J connectivity index is 2.31. The molecule has 0 fully saturated rings. The van der Waals surface area contributed by atoms with Gasteiger partial charge in [0.1, 0.15) is 0 Å². The minimum atomic E-state index is 0.0451. The molecule has 1 unspecified atom stereocenters. The number of hydrogen-bond acceptors (Lipinski definition) is 2. The molecule has 1 aromatic rings. The second-order valence-electron chi connectivity index (χ2n) is 3.63. The lowest BCUT2D eigenvalue weighted by atomic mass is 9.74. The summed E-state index contributed by atoms with van der Waals surface area (Å²) in [5.74, 6) is 0. The van der Waals surface area contributed by atoms with Gasteiger partial charge in [-0.15, -0.1) is 0 Å². The monoisotopic (exact) mass is 206 g/mol. The number of rotatable bonds is 3. The van der Waals surface area contributed by atoms with Crippen LogP contribution in [-0.4, -0.2) is 11.7 Å². The first-order valence-corrected chi connectivity index (χ1v) is 5.80. The van der Waals surface area contributed by atoms with Gasteiger partial charge in [0.05, 0.1) is 0 Å². The highest BCUT2D eigenvalue weighted by Gasteiger charge is 2.28. The number of thiophene rings is 1. The summed E-state index contributed by atoms with van der Waals surface area (Å²) in [5.41, 5.74) is 1.38. The molecule has 1 heterocycles. The Labute approximate surface area is 88.4 Å². The standard InChI is InChI=1S/C12H14OS/c13-8-7-12(5-2-1-3-6-12)11-4-9-14-10-11/h1-5,9-10,13H,6-8H2. The van der Waals surface area contributed by atoms with Gasteiger partial charge < -0.3 is 5.11 Å². The third-order valence-electron chi connectivity index (χ3n) is 2.80. The molecule has 1 aliphatic rings. The fraction of sp³-hybridized carbons (Fsp3) is 0.333. The first-order valence-electron chi connectivity index (χ1n) is 4.85. The van der Waals surface area contributed by atoms with Gasteiger partial charge in [-0.05, 0) is 35.2 Å². The van der Waals surface area contributed by atoms with E-state index in [1.807, 2.05) is 0 Å². The highest BCUT2D eigenvalue weighted by atomic mass is 32.1. The van der Waals surface area contributed by atoms with Gasteiger partial charge >= 0.3 is 0 Å². The minimum absolute atomic E-state index is 0.0451. The molecule has 1 atom stereocenters. The molecule has 0 radical (unpaired) electrons. The van der Waals surface area contributed by atoms with E-state index in [2.05, 4.69) is 41.1 Å². The Morgan fingerprint density at radius 1 is 1.43 bits per heavy atom. The van der Waals surface area contributed by atoms with Crippen molar-refractivity contribution in [3.05, 3.63) is 46.7 Å². The van der Waals surface area contributed by atoms with Crippen molar-refractivity contribution in [2.75, 3.05) is 6.61 Å². The van der Waals surface area contributed by atoms with E-state index in [0.717, 1.165) is 12.8 Å². The molecule has 1 aromatic heterocycles. The van der Waals surface area contributed by atoms with Crippen LogP contribution in [0.1, 0.15) is 18.4 Å². The quantitative estimate of drug-likeness (QED) is 0.806. The third-order valence-corrected chi connectivity index (χ3v) is 3.48. The highest BCUT2D eigenvalue weighted by molar-refractivity contribution is 7.08. The fourth-order valence-electron chi connectivity index (χ4n) is 1.96. The summed E-state index contributed by atoms with van der Waals surface area (Å²) in [6.45, 7) is 0.244. The van der Waals surface area contributed by atoms with Crippen LogP contribution >= 0.6 is 11.3 Å². The number of aliphatic hydroxyl groups is 1. The molecule has 0 saturated heterocycles. The molecule has 2 heteroatoms. The lowest BCUT2D eigenvalue weighted by Crippen LogP contribution is -2.24. The molecule has 0 aromatic carbocycles. The van der Waals surface area contributed by atoms with Gasteiger partial charge in [-0.1, -0.05) is 24.3 Å². The van der Waals surface area contributed by atoms with Crippen LogP contribution in [0.5, 0.6) is 0 Å². The zero-order chi connectivity index (χ0) is 9.86. The van der Waals surface area contributed by atoms with Crippen molar-refractivity contribution in [1.82, 2.24) is 0 Å². The van der Waals surface area contributed by atoms with Crippen molar-refractivity contribution < 1.29 is 5.11 Å². The molecular weight excluding hydrogens is 192 g/mol. The van der Waals surface area contributed by atoms with Crippen molar-refractivity contribution in [2.45, 2.75) is 18.3 Å². The molecule has 0 saturated carbocycles. The van der Waals surface area contributed by atoms with E-state index in [-0.39, 0.29) is 12.0 Å². The molecule has 1 N–H and O–H groups in total. The highest BCUT2D eigenvalue weighted by Crippen LogP contribution is 2.36. The maximum atomic E-state index is 9.13. The van der Waals surface area contributed by atoms with Gasteiger partial charge in [-0.2, -0.15) is 11.3 Å². The summed E-state index contributed by atoms with van der Waals surface area (Å²) in [4.78, 5) is 0. The zero-order valence-corrected chi connectivity index (χ0v) is 8.83. The predicted octanol–water partition coefficient (Wildman–Crippen LogP) is 2.88. The summed E-state index contributed by atoms with van der Waals surface area (Å²) in [7, 11) is 0. The Kier molecular flexibility index (Phi) is 2.85. The van der Waals surface area contributed by atoms with Crippen LogP contribution < -0.4 is 0 Å². The van der Waals surface area contributed by atoms with Crippen molar-refractivity contribution in [2.24, 2.45) is 0 Å². The summed E-state index contributed by atoms with van der Waals surface area (Å²) in [6.07, 6.45) is 10.3. The summed E-state index contributed by atoms with van der Waals surface area (Å²) in [6, 6.07) is 2.16. The second-order valence-corrected chi connectivity index (χ2v) is 4.41. The average molecular weight is 206 g/mol. The predicted molar refractivity (Wildman–Crippen MR) is 60.6 cm³/mol. The Morgan fingerprint density at radius 2 is 2.36 bits per heavy atom. The van der Waals surface area contributed by atoms with Crippen molar-refractivity contribution >= 4 is 11.3 Å². The van der Waals surface area contributed by atoms with Crippen molar-refractivity contribution in [3.8, 4) is 0 Å². The number of allylic oxidation sites excluding steroid dienone is 4. The maximum Gasteiger partial charge on any atom is 0.0442 e. The lowest BCUT2D eigenvalue weighted by Gasteiger charge is -2.30. The van der Waals surface area contributed by atoms with Crippen LogP contribution in [-0.2, 0) is 5.41 Å². The van der Waals surface area contributed by atoms with Crippen LogP contribution in [0.4, 0.5) is 0 Å². The fourth-order valence-corrected chi connectivity index (χ4v) is 2.72. The lowest BCUT2D eigenvalue weighted by molar-refractivity contribution is 0.256. The van der Waals surface area contributed by atoms with Crippen LogP contribution in [0.3, 0.4) is 0 Å². The molecule has 0 amide bonds. The first kappa shape index (κ1) is 9.69. The van der Waals surface area contributed by atoms with Crippen LogP contribution in [0.2, 0.25) is 0 Å². The van der Waals surface area contributed by atoms with Crippen LogP contribution in [0, 0.1) is 0 Å². The minimum Gasteiger partial charge on any atom is -0.396 e. The molecule has 1 aliphatic carbocycles. The van der Waals surface area contributed by atoms with Gasteiger partial charge in [0.25, 0.3) is 0 Å². The van der Waals surface area contributed by atoms with Crippen LogP contribution in [0.25, 0.3) is 0 Å². The van der Waals surface area contributed by atoms with E-state index in [1.165, 1.54) is 5.56 Å². The summed E-state index contributed by atoms with van der Waals surface area (Å²) < 4.78 is 0. The van der Waals surface area contributed by atoms with Gasteiger partial charge in [-0.25, -0.2) is 0 Å². The van der Waals surface area contributed by atoms with Crippen LogP contribution in [0.15, 0.2) is 41.1 Å². The topological polar surface area (TPSA) is 20.2 Å². The first-order chi connectivity index (χ1) is 6.87. The smallest absolute Gasteiger partial charge is 0.0442 e. The second kappa shape index (κ2) is 4.11. The molecule has 0 bridgehead atoms. The van der Waals surface area contributed by atoms with Gasteiger partial charge in [-0.3, -0.25) is 0 Å².